The van der Waals surface area contributed by atoms with Gasteiger partial charge in [-0.25, -0.2) is 0 Å². The second-order valence-electron chi connectivity index (χ2n) is 8.77. The van der Waals surface area contributed by atoms with Crippen molar-refractivity contribution < 1.29 is 29.6 Å². The highest BCUT2D eigenvalue weighted by atomic mass is 16.6. The van der Waals surface area contributed by atoms with Gasteiger partial charge in [0.15, 0.2) is 6.10 Å². The van der Waals surface area contributed by atoms with Crippen molar-refractivity contribution in [1.82, 2.24) is 0 Å². The molecule has 4 atom stereocenters. The lowest BCUT2D eigenvalue weighted by Gasteiger charge is -2.36. The van der Waals surface area contributed by atoms with E-state index in [0.29, 0.717) is 6.42 Å². The number of carbonyl (C=O) groups excluding carboxylic acids is 1. The molecule has 0 aromatic rings. The first kappa shape index (κ1) is 27.3. The molecule has 6 nitrogen and oxygen atoms in total. The first-order chi connectivity index (χ1) is 14.6. The maximum atomic E-state index is 12.0. The normalized spacial score (nSPS) is 24.1. The maximum Gasteiger partial charge on any atom is 0.306 e. The lowest BCUT2D eigenvalue weighted by atomic mass is 10.0. The number of ether oxygens (including phenoxy) is 2. The van der Waals surface area contributed by atoms with Gasteiger partial charge in [-0.05, 0) is 6.42 Å². The van der Waals surface area contributed by atoms with E-state index < -0.39 is 30.4 Å². The van der Waals surface area contributed by atoms with Crippen molar-refractivity contribution in [2.75, 3.05) is 13.2 Å². The van der Waals surface area contributed by atoms with Crippen LogP contribution in [0.5, 0.6) is 0 Å². The number of carbonyl (C=O) groups is 1. The fraction of sp³-hybridized carbons (Fsp3) is 0.958. The van der Waals surface area contributed by atoms with Gasteiger partial charge in [0.25, 0.3) is 0 Å². The summed E-state index contributed by atoms with van der Waals surface area (Å²) in [6.45, 7) is 1.83. The fourth-order valence-corrected chi connectivity index (χ4v) is 4.02. The van der Waals surface area contributed by atoms with Crippen LogP contribution in [0.3, 0.4) is 0 Å². The molecule has 1 fully saturated rings. The van der Waals surface area contributed by atoms with Crippen LogP contribution in [0.4, 0.5) is 0 Å². The highest BCUT2D eigenvalue weighted by Gasteiger charge is 2.40. The van der Waals surface area contributed by atoms with Crippen LogP contribution >= 0.6 is 0 Å². The van der Waals surface area contributed by atoms with Gasteiger partial charge in [0.05, 0.1) is 13.2 Å². The fourth-order valence-electron chi connectivity index (χ4n) is 4.02. The molecule has 1 rings (SSSR count). The van der Waals surface area contributed by atoms with E-state index >= 15 is 0 Å². The largest absolute Gasteiger partial charge is 0.457 e. The Morgan fingerprint density at radius 2 is 1.30 bits per heavy atom. The van der Waals surface area contributed by atoms with Crippen molar-refractivity contribution in [3.63, 3.8) is 0 Å². The molecule has 0 aliphatic carbocycles. The predicted octanol–water partition coefficient (Wildman–Crippen LogP) is 4.27. The highest BCUT2D eigenvalue weighted by Crippen LogP contribution is 2.20. The molecule has 1 aliphatic rings. The Balaban J connectivity index is 1.91. The van der Waals surface area contributed by atoms with E-state index in [2.05, 4.69) is 6.92 Å². The third kappa shape index (κ3) is 12.2. The van der Waals surface area contributed by atoms with E-state index in [0.717, 1.165) is 19.3 Å². The molecule has 0 spiro atoms. The van der Waals surface area contributed by atoms with Gasteiger partial charge in [-0.1, -0.05) is 96.8 Å². The quantitative estimate of drug-likeness (QED) is 0.222. The van der Waals surface area contributed by atoms with Crippen molar-refractivity contribution in [3.8, 4) is 0 Å². The van der Waals surface area contributed by atoms with Crippen molar-refractivity contribution in [1.29, 1.82) is 0 Å². The SMILES string of the molecule is CCCCCCCCCCCCCCCCCC(=O)O[C@H]1[C@H](O)[C@@H](CO)OC[C@H]1O. The van der Waals surface area contributed by atoms with Gasteiger partial charge in [-0.2, -0.15) is 0 Å². The standard InChI is InChI=1S/C24H46O6/c1-2-3-4-5-6-7-8-9-10-11-12-13-14-15-16-17-22(27)30-24-20(26)19-29-21(18-25)23(24)28/h20-21,23-26,28H,2-19H2,1H3/t20-,21-,23-,24-/m1/s1. The van der Waals surface area contributed by atoms with Crippen LogP contribution in [0.15, 0.2) is 0 Å². The lowest BCUT2D eigenvalue weighted by molar-refractivity contribution is -0.213. The van der Waals surface area contributed by atoms with Crippen molar-refractivity contribution in [3.05, 3.63) is 0 Å². The summed E-state index contributed by atoms with van der Waals surface area (Å²) in [5, 5.41) is 29.0. The van der Waals surface area contributed by atoms with E-state index in [4.69, 9.17) is 14.6 Å². The smallest absolute Gasteiger partial charge is 0.306 e. The number of hydrogen-bond acceptors (Lipinski definition) is 6. The summed E-state index contributed by atoms with van der Waals surface area (Å²) < 4.78 is 10.3. The molecular weight excluding hydrogens is 384 g/mol. The van der Waals surface area contributed by atoms with Crippen molar-refractivity contribution in [2.45, 2.75) is 134 Å². The van der Waals surface area contributed by atoms with E-state index in [1.165, 1.54) is 77.0 Å². The molecule has 1 heterocycles. The van der Waals surface area contributed by atoms with Crippen LogP contribution < -0.4 is 0 Å². The molecule has 0 saturated carbocycles. The van der Waals surface area contributed by atoms with Gasteiger partial charge in [-0.3, -0.25) is 4.79 Å². The summed E-state index contributed by atoms with van der Waals surface area (Å²) in [7, 11) is 0. The van der Waals surface area contributed by atoms with Crippen LogP contribution in [0.25, 0.3) is 0 Å². The second kappa shape index (κ2) is 17.9. The van der Waals surface area contributed by atoms with Gasteiger partial charge in [-0.15, -0.1) is 0 Å². The molecule has 1 aliphatic heterocycles. The second-order valence-corrected chi connectivity index (χ2v) is 8.77. The Labute approximate surface area is 183 Å². The molecular formula is C24H46O6. The van der Waals surface area contributed by atoms with E-state index in [9.17, 15) is 15.0 Å². The van der Waals surface area contributed by atoms with Gasteiger partial charge in [0, 0.05) is 6.42 Å². The first-order valence-corrected chi connectivity index (χ1v) is 12.4. The Kier molecular flexibility index (Phi) is 16.3. The molecule has 0 unspecified atom stereocenters. The average Bonchev–Trinajstić information content (AvgIpc) is 2.74. The zero-order chi connectivity index (χ0) is 22.0. The summed E-state index contributed by atoms with van der Waals surface area (Å²) in [5.74, 6) is -0.411. The third-order valence-corrected chi connectivity index (χ3v) is 6.01. The monoisotopic (exact) mass is 430 g/mol. The molecule has 0 aromatic heterocycles. The number of rotatable bonds is 18. The van der Waals surface area contributed by atoms with Gasteiger partial charge < -0.3 is 24.8 Å². The summed E-state index contributed by atoms with van der Waals surface area (Å²) >= 11 is 0. The van der Waals surface area contributed by atoms with Crippen LogP contribution in [-0.2, 0) is 14.3 Å². The molecule has 178 valence electrons. The zero-order valence-electron chi connectivity index (χ0n) is 19.1. The molecule has 0 radical (unpaired) electrons. The molecule has 1 saturated heterocycles. The Morgan fingerprint density at radius 1 is 0.833 bits per heavy atom. The number of esters is 1. The van der Waals surface area contributed by atoms with Gasteiger partial charge >= 0.3 is 5.97 Å². The molecule has 0 bridgehead atoms. The molecule has 3 N–H and O–H groups in total. The van der Waals surface area contributed by atoms with Crippen molar-refractivity contribution in [2.24, 2.45) is 0 Å². The van der Waals surface area contributed by atoms with Gasteiger partial charge in [0.1, 0.15) is 18.3 Å². The minimum atomic E-state index is -1.20. The van der Waals surface area contributed by atoms with Crippen LogP contribution in [0.2, 0.25) is 0 Å². The predicted molar refractivity (Wildman–Crippen MR) is 118 cm³/mol. The summed E-state index contributed by atoms with van der Waals surface area (Å²) in [5.41, 5.74) is 0. The first-order valence-electron chi connectivity index (χ1n) is 12.4. The molecule has 30 heavy (non-hydrogen) atoms. The van der Waals surface area contributed by atoms with E-state index in [-0.39, 0.29) is 13.2 Å². The molecule has 0 aromatic carbocycles. The summed E-state index contributed by atoms with van der Waals surface area (Å²) in [6.07, 6.45) is 15.2. The van der Waals surface area contributed by atoms with E-state index in [1.807, 2.05) is 0 Å². The number of hydrogen-bond donors (Lipinski definition) is 3. The Morgan fingerprint density at radius 3 is 1.77 bits per heavy atom. The topological polar surface area (TPSA) is 96.2 Å². The minimum absolute atomic E-state index is 0.0564. The number of aliphatic hydroxyl groups is 3. The molecule has 6 heteroatoms. The Hall–Kier alpha value is -0.690. The number of aliphatic hydroxyl groups excluding tert-OH is 3. The molecule has 0 amide bonds. The van der Waals surface area contributed by atoms with E-state index in [1.54, 1.807) is 0 Å². The average molecular weight is 431 g/mol. The zero-order valence-corrected chi connectivity index (χ0v) is 19.1. The van der Waals surface area contributed by atoms with Crippen LogP contribution in [0.1, 0.15) is 110 Å². The minimum Gasteiger partial charge on any atom is -0.457 e. The van der Waals surface area contributed by atoms with Gasteiger partial charge in [0.2, 0.25) is 0 Å². The maximum absolute atomic E-state index is 12.0. The van der Waals surface area contributed by atoms with Crippen molar-refractivity contribution >= 4 is 5.97 Å². The van der Waals surface area contributed by atoms with Crippen LogP contribution in [-0.4, -0.2) is 58.9 Å². The Bertz CT molecular complexity index is 417. The van der Waals surface area contributed by atoms with Crippen LogP contribution in [0, 0.1) is 0 Å². The third-order valence-electron chi connectivity index (χ3n) is 6.01. The summed E-state index contributed by atoms with van der Waals surface area (Å²) in [4.78, 5) is 12.0. The number of unbranched alkanes of at least 4 members (excludes halogenated alkanes) is 14. The summed E-state index contributed by atoms with van der Waals surface area (Å²) in [6, 6.07) is 0. The highest BCUT2D eigenvalue weighted by molar-refractivity contribution is 5.69. The lowest BCUT2D eigenvalue weighted by Crippen LogP contribution is -2.55.